The zero-order valence-electron chi connectivity index (χ0n) is 9.38. The van der Waals surface area contributed by atoms with E-state index in [0.717, 1.165) is 25.3 Å². The third-order valence-corrected chi connectivity index (χ3v) is 2.92. The fourth-order valence-electron chi connectivity index (χ4n) is 2.01. The maximum atomic E-state index is 12.5. The van der Waals surface area contributed by atoms with Gasteiger partial charge in [0.1, 0.15) is 5.92 Å². The molecular weight excluding hydrogens is 249 g/mol. The molecule has 1 aliphatic carbocycles. The molecule has 0 bridgehead atoms. The molecule has 6 heteroatoms. The Kier molecular flexibility index (Phi) is 2.88. The Morgan fingerprint density at radius 3 is 2.61 bits per heavy atom. The van der Waals surface area contributed by atoms with E-state index in [0.29, 0.717) is 0 Å². The first-order chi connectivity index (χ1) is 8.34. The molecule has 0 aromatic heterocycles. The van der Waals surface area contributed by atoms with Crippen LogP contribution in [0.1, 0.15) is 21.5 Å². The van der Waals surface area contributed by atoms with Gasteiger partial charge >= 0.3 is 12.1 Å². The van der Waals surface area contributed by atoms with Gasteiger partial charge in [-0.05, 0) is 24.1 Å². The van der Waals surface area contributed by atoms with Crippen LogP contribution in [-0.2, 0) is 22.1 Å². The Hall–Kier alpha value is -1.85. The van der Waals surface area contributed by atoms with E-state index in [9.17, 15) is 22.8 Å². The first-order valence-corrected chi connectivity index (χ1v) is 5.16. The van der Waals surface area contributed by atoms with Crippen molar-refractivity contribution in [2.45, 2.75) is 12.6 Å². The van der Waals surface area contributed by atoms with E-state index in [1.165, 1.54) is 0 Å². The fraction of sp³-hybridized carbons (Fsp3) is 0.333. The molecule has 1 unspecified atom stereocenters. The average molecular weight is 258 g/mol. The Labute approximate surface area is 101 Å². The van der Waals surface area contributed by atoms with E-state index in [1.807, 2.05) is 0 Å². The van der Waals surface area contributed by atoms with E-state index in [-0.39, 0.29) is 17.5 Å². The molecule has 0 saturated carbocycles. The Balaban J connectivity index is 2.38. The summed E-state index contributed by atoms with van der Waals surface area (Å²) in [6, 6.07) is 2.87. The highest BCUT2D eigenvalue weighted by Gasteiger charge is 2.39. The molecule has 0 spiro atoms. The van der Waals surface area contributed by atoms with Crippen LogP contribution in [0.15, 0.2) is 18.2 Å². The van der Waals surface area contributed by atoms with Crippen LogP contribution >= 0.6 is 0 Å². The summed E-state index contributed by atoms with van der Waals surface area (Å²) in [5.74, 6) is -2.22. The number of carbonyl (C=O) groups excluding carboxylic acids is 2. The van der Waals surface area contributed by atoms with E-state index in [2.05, 4.69) is 4.74 Å². The second kappa shape index (κ2) is 4.12. The molecule has 0 amide bonds. The highest BCUT2D eigenvalue weighted by Crippen LogP contribution is 2.34. The molecule has 18 heavy (non-hydrogen) atoms. The van der Waals surface area contributed by atoms with Gasteiger partial charge in [-0.1, -0.05) is 6.07 Å². The summed E-state index contributed by atoms with van der Waals surface area (Å²) in [5.41, 5.74) is -0.414. The number of halogens is 3. The molecular formula is C12H9F3O3. The monoisotopic (exact) mass is 258 g/mol. The molecule has 0 aliphatic heterocycles. The number of rotatable bonds is 1. The van der Waals surface area contributed by atoms with Crippen molar-refractivity contribution in [3.05, 3.63) is 34.9 Å². The highest BCUT2D eigenvalue weighted by molar-refractivity contribution is 6.12. The number of benzene rings is 1. The summed E-state index contributed by atoms with van der Waals surface area (Å²) >= 11 is 0. The van der Waals surface area contributed by atoms with Crippen molar-refractivity contribution < 1.29 is 27.5 Å². The number of hydrogen-bond acceptors (Lipinski definition) is 3. The minimum Gasteiger partial charge on any atom is -0.468 e. The number of ketones is 1. The molecule has 3 nitrogen and oxygen atoms in total. The van der Waals surface area contributed by atoms with Crippen LogP contribution in [0.5, 0.6) is 0 Å². The summed E-state index contributed by atoms with van der Waals surface area (Å²) in [4.78, 5) is 23.1. The first-order valence-electron chi connectivity index (χ1n) is 5.16. The summed E-state index contributed by atoms with van der Waals surface area (Å²) < 4.78 is 41.9. The lowest BCUT2D eigenvalue weighted by Crippen LogP contribution is -2.21. The molecule has 1 aromatic carbocycles. The van der Waals surface area contributed by atoms with Gasteiger partial charge in [-0.25, -0.2) is 0 Å². The maximum absolute atomic E-state index is 12.5. The second-order valence-electron chi connectivity index (χ2n) is 4.01. The highest BCUT2D eigenvalue weighted by atomic mass is 19.4. The molecule has 0 N–H and O–H groups in total. The lowest BCUT2D eigenvalue weighted by Gasteiger charge is -2.07. The number of esters is 1. The minimum absolute atomic E-state index is 0.0369. The summed E-state index contributed by atoms with van der Waals surface area (Å²) in [6.45, 7) is 0. The van der Waals surface area contributed by atoms with Gasteiger partial charge in [-0.3, -0.25) is 9.59 Å². The largest absolute Gasteiger partial charge is 0.468 e. The van der Waals surface area contributed by atoms with Gasteiger partial charge in [0, 0.05) is 5.56 Å². The zero-order chi connectivity index (χ0) is 13.5. The second-order valence-corrected chi connectivity index (χ2v) is 4.01. The molecule has 0 saturated heterocycles. The van der Waals surface area contributed by atoms with Crippen LogP contribution in [0, 0.1) is 5.92 Å². The number of fused-ring (bicyclic) bond motifs is 1. The average Bonchev–Trinajstić information content (AvgIpc) is 2.64. The normalized spacial score (nSPS) is 18.7. The van der Waals surface area contributed by atoms with Gasteiger partial charge in [0.25, 0.3) is 0 Å². The van der Waals surface area contributed by atoms with Crippen molar-refractivity contribution >= 4 is 11.8 Å². The van der Waals surface area contributed by atoms with Crippen molar-refractivity contribution in [1.82, 2.24) is 0 Å². The lowest BCUT2D eigenvalue weighted by atomic mass is 10.1. The predicted octanol–water partition coefficient (Wildman–Crippen LogP) is 2.23. The molecule has 2 rings (SSSR count). The Morgan fingerprint density at radius 2 is 2.06 bits per heavy atom. The van der Waals surface area contributed by atoms with E-state index in [1.54, 1.807) is 0 Å². The van der Waals surface area contributed by atoms with Crippen LogP contribution in [0.25, 0.3) is 0 Å². The molecule has 0 fully saturated rings. The number of methoxy groups -OCH3 is 1. The SMILES string of the molecule is COC(=O)C1Cc2cc(C(F)(F)F)ccc2C1=O. The Bertz CT molecular complexity index is 520. The van der Waals surface area contributed by atoms with Gasteiger partial charge in [-0.2, -0.15) is 13.2 Å². The van der Waals surface area contributed by atoms with Gasteiger partial charge in [0.15, 0.2) is 5.78 Å². The fourth-order valence-corrected chi connectivity index (χ4v) is 2.01. The number of ether oxygens (including phenoxy) is 1. The molecule has 1 aromatic rings. The minimum atomic E-state index is -4.46. The predicted molar refractivity (Wildman–Crippen MR) is 55.0 cm³/mol. The topological polar surface area (TPSA) is 43.4 Å². The summed E-state index contributed by atoms with van der Waals surface area (Å²) in [6.07, 6.45) is -4.49. The Morgan fingerprint density at radius 1 is 1.39 bits per heavy atom. The number of carbonyl (C=O) groups is 2. The number of alkyl halides is 3. The third kappa shape index (κ3) is 1.98. The van der Waals surface area contributed by atoms with Gasteiger partial charge in [-0.15, -0.1) is 0 Å². The van der Waals surface area contributed by atoms with Gasteiger partial charge in [0.05, 0.1) is 12.7 Å². The molecule has 0 radical (unpaired) electrons. The standard InChI is InChI=1S/C12H9F3O3/c1-18-11(17)9-5-6-4-7(12(13,14)15)2-3-8(6)10(9)16/h2-4,9H,5H2,1H3. The van der Waals surface area contributed by atoms with E-state index >= 15 is 0 Å². The first kappa shape index (κ1) is 12.6. The van der Waals surface area contributed by atoms with Crippen LogP contribution in [-0.4, -0.2) is 18.9 Å². The third-order valence-electron chi connectivity index (χ3n) is 2.92. The zero-order valence-corrected chi connectivity index (χ0v) is 9.38. The molecule has 96 valence electrons. The van der Waals surface area contributed by atoms with Crippen molar-refractivity contribution in [2.24, 2.45) is 5.92 Å². The van der Waals surface area contributed by atoms with Crippen molar-refractivity contribution in [1.29, 1.82) is 0 Å². The molecule has 1 aliphatic rings. The van der Waals surface area contributed by atoms with Crippen molar-refractivity contribution in [3.63, 3.8) is 0 Å². The van der Waals surface area contributed by atoms with Crippen LogP contribution in [0.2, 0.25) is 0 Å². The quantitative estimate of drug-likeness (QED) is 0.573. The molecule has 1 atom stereocenters. The summed E-state index contributed by atoms with van der Waals surface area (Å²) in [5, 5.41) is 0. The van der Waals surface area contributed by atoms with Gasteiger partial charge < -0.3 is 4.74 Å². The number of hydrogen-bond donors (Lipinski definition) is 0. The number of Topliss-reactive ketones (excluding diaryl/α,β-unsaturated/α-hetero) is 1. The van der Waals surface area contributed by atoms with Crippen molar-refractivity contribution in [2.75, 3.05) is 7.11 Å². The van der Waals surface area contributed by atoms with Crippen LogP contribution in [0.4, 0.5) is 13.2 Å². The maximum Gasteiger partial charge on any atom is 0.416 e. The van der Waals surface area contributed by atoms with Gasteiger partial charge in [0.2, 0.25) is 0 Å². The lowest BCUT2D eigenvalue weighted by molar-refractivity contribution is -0.143. The molecule has 0 heterocycles. The van der Waals surface area contributed by atoms with E-state index < -0.39 is 29.4 Å². The van der Waals surface area contributed by atoms with Crippen LogP contribution < -0.4 is 0 Å². The van der Waals surface area contributed by atoms with E-state index in [4.69, 9.17) is 0 Å². The van der Waals surface area contributed by atoms with Crippen LogP contribution in [0.3, 0.4) is 0 Å². The van der Waals surface area contributed by atoms with Crippen molar-refractivity contribution in [3.8, 4) is 0 Å². The smallest absolute Gasteiger partial charge is 0.416 e. The summed E-state index contributed by atoms with van der Waals surface area (Å²) in [7, 11) is 1.14.